The van der Waals surface area contributed by atoms with Crippen molar-refractivity contribution < 1.29 is 8.91 Å². The molecule has 18 heavy (non-hydrogen) atoms. The zero-order valence-corrected chi connectivity index (χ0v) is 10.3. The zero-order chi connectivity index (χ0) is 12.7. The third-order valence-corrected chi connectivity index (χ3v) is 3.27. The first-order valence-corrected chi connectivity index (χ1v) is 5.82. The lowest BCUT2D eigenvalue weighted by Gasteiger charge is -2.05. The average Bonchev–Trinajstić information content (AvgIpc) is 2.89. The van der Waals surface area contributed by atoms with Crippen molar-refractivity contribution in [2.24, 2.45) is 0 Å². The Morgan fingerprint density at radius 1 is 1.28 bits per heavy atom. The maximum Gasteiger partial charge on any atom is 0.138 e. The van der Waals surface area contributed by atoms with E-state index in [0.29, 0.717) is 11.9 Å². The van der Waals surface area contributed by atoms with Crippen LogP contribution in [0, 0.1) is 19.7 Å². The second-order valence-corrected chi connectivity index (χ2v) is 4.42. The molecule has 0 aliphatic carbocycles. The number of aryl methyl sites for hydroxylation is 2. The van der Waals surface area contributed by atoms with E-state index in [0.717, 1.165) is 22.5 Å². The van der Waals surface area contributed by atoms with Crippen molar-refractivity contribution in [3.05, 3.63) is 53.3 Å². The van der Waals surface area contributed by atoms with Crippen LogP contribution in [0.2, 0.25) is 0 Å². The average molecular weight is 244 g/mol. The lowest BCUT2D eigenvalue weighted by atomic mass is 10.2. The third kappa shape index (κ3) is 1.61. The fourth-order valence-electron chi connectivity index (χ4n) is 2.22. The van der Waals surface area contributed by atoms with Gasteiger partial charge in [0.2, 0.25) is 0 Å². The molecule has 0 fully saturated rings. The summed E-state index contributed by atoms with van der Waals surface area (Å²) < 4.78 is 20.7. The van der Waals surface area contributed by atoms with Gasteiger partial charge in [-0.15, -0.1) is 0 Å². The summed E-state index contributed by atoms with van der Waals surface area (Å²) >= 11 is 0. The van der Waals surface area contributed by atoms with E-state index >= 15 is 0 Å². The topological polar surface area (TPSA) is 31.0 Å². The molecule has 3 nitrogen and oxygen atoms in total. The van der Waals surface area contributed by atoms with Gasteiger partial charge < -0.3 is 9.09 Å². The lowest BCUT2D eigenvalue weighted by molar-refractivity contribution is 0.392. The summed E-state index contributed by atoms with van der Waals surface area (Å²) in [6, 6.07) is 6.91. The van der Waals surface area contributed by atoms with Gasteiger partial charge in [0, 0.05) is 17.1 Å². The van der Waals surface area contributed by atoms with Crippen LogP contribution in [-0.2, 0) is 6.54 Å². The van der Waals surface area contributed by atoms with E-state index < -0.39 is 0 Å². The first-order chi connectivity index (χ1) is 8.66. The molecule has 92 valence electrons. The Kier molecular flexibility index (Phi) is 2.44. The Morgan fingerprint density at radius 3 is 2.83 bits per heavy atom. The van der Waals surface area contributed by atoms with Crippen LogP contribution < -0.4 is 0 Å². The lowest BCUT2D eigenvalue weighted by Crippen LogP contribution is -2.00. The number of aromatic nitrogens is 2. The molecule has 2 aromatic heterocycles. The predicted octanol–water partition coefficient (Wildman–Crippen LogP) is 3.43. The van der Waals surface area contributed by atoms with Gasteiger partial charge in [-0.05, 0) is 32.0 Å². The monoisotopic (exact) mass is 244 g/mol. The van der Waals surface area contributed by atoms with Crippen molar-refractivity contribution in [3.8, 4) is 0 Å². The van der Waals surface area contributed by atoms with Gasteiger partial charge in [0.1, 0.15) is 11.6 Å². The van der Waals surface area contributed by atoms with Gasteiger partial charge in [-0.25, -0.2) is 4.39 Å². The number of fused-ring (bicyclic) bond motifs is 1. The number of halogens is 1. The fraction of sp³-hybridized carbons (Fsp3) is 0.214. The van der Waals surface area contributed by atoms with Gasteiger partial charge in [-0.1, -0.05) is 11.2 Å². The third-order valence-electron chi connectivity index (χ3n) is 3.27. The van der Waals surface area contributed by atoms with E-state index in [2.05, 4.69) is 5.16 Å². The molecule has 0 unspecified atom stereocenters. The molecule has 4 heteroatoms. The maximum absolute atomic E-state index is 13.6. The molecule has 0 amide bonds. The molecular weight excluding hydrogens is 231 g/mol. The highest BCUT2D eigenvalue weighted by Crippen LogP contribution is 2.22. The number of hydrogen-bond donors (Lipinski definition) is 0. The number of benzene rings is 1. The van der Waals surface area contributed by atoms with Crippen LogP contribution in [0.5, 0.6) is 0 Å². The Morgan fingerprint density at radius 2 is 2.11 bits per heavy atom. The van der Waals surface area contributed by atoms with Gasteiger partial charge in [0.15, 0.2) is 0 Å². The Bertz CT molecular complexity index is 692. The highest BCUT2D eigenvalue weighted by atomic mass is 19.1. The first kappa shape index (κ1) is 11.0. The minimum atomic E-state index is -0.190. The summed E-state index contributed by atoms with van der Waals surface area (Å²) in [5.74, 6) is 0.621. The van der Waals surface area contributed by atoms with E-state index in [1.807, 2.05) is 30.7 Å². The van der Waals surface area contributed by atoms with Crippen LogP contribution in [-0.4, -0.2) is 9.72 Å². The van der Waals surface area contributed by atoms with Crippen molar-refractivity contribution >= 4 is 10.9 Å². The van der Waals surface area contributed by atoms with Crippen LogP contribution in [0.4, 0.5) is 4.39 Å². The second-order valence-electron chi connectivity index (χ2n) is 4.42. The molecule has 1 aromatic carbocycles. The predicted molar refractivity (Wildman–Crippen MR) is 67.0 cm³/mol. The molecule has 0 radical (unpaired) electrons. The highest BCUT2D eigenvalue weighted by Gasteiger charge is 2.11. The quantitative estimate of drug-likeness (QED) is 0.691. The van der Waals surface area contributed by atoms with Gasteiger partial charge in [-0.3, -0.25) is 0 Å². The smallest absolute Gasteiger partial charge is 0.138 e. The van der Waals surface area contributed by atoms with E-state index in [4.69, 9.17) is 4.52 Å². The first-order valence-electron chi connectivity index (χ1n) is 5.82. The van der Waals surface area contributed by atoms with E-state index in [1.165, 1.54) is 6.07 Å². The Labute approximate surface area is 104 Å². The molecule has 0 aliphatic heterocycles. The van der Waals surface area contributed by atoms with Crippen molar-refractivity contribution in [2.45, 2.75) is 20.4 Å². The van der Waals surface area contributed by atoms with Crippen molar-refractivity contribution in [3.63, 3.8) is 0 Å². The molecular formula is C14H13FN2O. The molecule has 2 heterocycles. The van der Waals surface area contributed by atoms with E-state index in [9.17, 15) is 4.39 Å². The number of rotatable bonds is 2. The standard InChI is InChI=1S/C14H13FN2O/c1-9-12(10(2)18-16-9)8-17-7-6-11-13(15)4-3-5-14(11)17/h3-7H,8H2,1-2H3. The molecule has 0 bridgehead atoms. The molecule has 0 saturated heterocycles. The minimum Gasteiger partial charge on any atom is -0.361 e. The number of hydrogen-bond acceptors (Lipinski definition) is 2. The van der Waals surface area contributed by atoms with E-state index in [-0.39, 0.29) is 5.82 Å². The van der Waals surface area contributed by atoms with Crippen molar-refractivity contribution in [1.82, 2.24) is 9.72 Å². The molecule has 0 aliphatic rings. The van der Waals surface area contributed by atoms with Crippen LogP contribution in [0.1, 0.15) is 17.0 Å². The summed E-state index contributed by atoms with van der Waals surface area (Å²) in [6.45, 7) is 4.45. The zero-order valence-electron chi connectivity index (χ0n) is 10.3. The van der Waals surface area contributed by atoms with Gasteiger partial charge in [0.25, 0.3) is 0 Å². The summed E-state index contributed by atoms with van der Waals surface area (Å²) in [5, 5.41) is 4.57. The molecule has 0 atom stereocenters. The minimum absolute atomic E-state index is 0.190. The largest absolute Gasteiger partial charge is 0.361 e. The Hall–Kier alpha value is -2.10. The summed E-state index contributed by atoms with van der Waals surface area (Å²) in [7, 11) is 0. The van der Waals surface area contributed by atoms with Gasteiger partial charge in [0.05, 0.1) is 17.8 Å². The summed E-state index contributed by atoms with van der Waals surface area (Å²) in [4.78, 5) is 0. The fourth-order valence-corrected chi connectivity index (χ4v) is 2.22. The van der Waals surface area contributed by atoms with E-state index in [1.54, 1.807) is 12.1 Å². The van der Waals surface area contributed by atoms with Crippen LogP contribution in [0.15, 0.2) is 35.0 Å². The molecule has 0 N–H and O–H groups in total. The Balaban J connectivity index is 2.09. The van der Waals surface area contributed by atoms with Gasteiger partial charge in [-0.2, -0.15) is 0 Å². The summed E-state index contributed by atoms with van der Waals surface area (Å²) in [6.07, 6.45) is 1.89. The SMILES string of the molecule is Cc1noc(C)c1Cn1ccc2c(F)cccc21. The van der Waals surface area contributed by atoms with Gasteiger partial charge >= 0.3 is 0 Å². The van der Waals surface area contributed by atoms with Crippen LogP contribution in [0.25, 0.3) is 10.9 Å². The van der Waals surface area contributed by atoms with Crippen LogP contribution in [0.3, 0.4) is 0 Å². The molecule has 3 rings (SSSR count). The number of nitrogens with zero attached hydrogens (tertiary/aromatic N) is 2. The highest BCUT2D eigenvalue weighted by molar-refractivity contribution is 5.80. The maximum atomic E-state index is 13.6. The van der Waals surface area contributed by atoms with Crippen molar-refractivity contribution in [2.75, 3.05) is 0 Å². The molecule has 3 aromatic rings. The molecule has 0 spiro atoms. The van der Waals surface area contributed by atoms with Crippen molar-refractivity contribution in [1.29, 1.82) is 0 Å². The second kappa shape index (κ2) is 3.98. The molecule has 0 saturated carbocycles. The summed E-state index contributed by atoms with van der Waals surface area (Å²) in [5.41, 5.74) is 2.82. The van der Waals surface area contributed by atoms with Crippen LogP contribution >= 0.6 is 0 Å². The normalized spacial score (nSPS) is 11.3.